The van der Waals surface area contributed by atoms with E-state index in [2.05, 4.69) is 10.6 Å². The molecule has 136 valence electrons. The van der Waals surface area contributed by atoms with E-state index in [4.69, 9.17) is 21.1 Å². The summed E-state index contributed by atoms with van der Waals surface area (Å²) in [6.07, 6.45) is 2.37. The number of hydrogen-bond donors (Lipinski definition) is 2. The zero-order chi connectivity index (χ0) is 16.5. The molecule has 1 aliphatic heterocycles. The number of benzene rings is 1. The first kappa shape index (κ1) is 21.0. The number of methoxy groups -OCH3 is 1. The summed E-state index contributed by atoms with van der Waals surface area (Å²) in [5.41, 5.74) is 0.0483. The van der Waals surface area contributed by atoms with Gasteiger partial charge in [0, 0.05) is 24.1 Å². The average molecular weight is 377 g/mol. The van der Waals surface area contributed by atoms with Crippen LogP contribution in [-0.4, -0.2) is 45.9 Å². The van der Waals surface area contributed by atoms with Crippen LogP contribution in [0.15, 0.2) is 24.3 Å². The fourth-order valence-electron chi connectivity index (χ4n) is 2.80. The number of hydrogen-bond acceptors (Lipinski definition) is 4. The quantitative estimate of drug-likeness (QED) is 0.731. The second-order valence-electron chi connectivity index (χ2n) is 6.01. The highest BCUT2D eigenvalue weighted by Gasteiger charge is 2.32. The summed E-state index contributed by atoms with van der Waals surface area (Å²) >= 11 is 5.82. The Bertz CT molecular complexity index is 486. The third kappa shape index (κ3) is 6.85. The summed E-state index contributed by atoms with van der Waals surface area (Å²) in [6.45, 7) is 3.63. The molecule has 0 bridgehead atoms. The number of rotatable bonds is 8. The fourth-order valence-corrected chi connectivity index (χ4v) is 2.93. The highest BCUT2D eigenvalue weighted by molar-refractivity contribution is 6.30. The van der Waals surface area contributed by atoms with Crippen LogP contribution in [0.5, 0.6) is 5.75 Å². The number of nitrogens with one attached hydrogen (secondary N) is 2. The molecule has 1 amide bonds. The minimum absolute atomic E-state index is 0. The van der Waals surface area contributed by atoms with E-state index in [-0.39, 0.29) is 23.7 Å². The molecule has 0 aromatic heterocycles. The van der Waals surface area contributed by atoms with Crippen molar-refractivity contribution in [2.75, 3.05) is 40.0 Å². The summed E-state index contributed by atoms with van der Waals surface area (Å²) in [7, 11) is 1.71. The minimum Gasteiger partial charge on any atom is -0.493 e. The Labute approximate surface area is 154 Å². The van der Waals surface area contributed by atoms with Crippen molar-refractivity contribution < 1.29 is 14.3 Å². The largest absolute Gasteiger partial charge is 0.493 e. The van der Waals surface area contributed by atoms with E-state index in [1.165, 1.54) is 0 Å². The van der Waals surface area contributed by atoms with Crippen molar-refractivity contribution in [2.24, 2.45) is 5.41 Å². The van der Waals surface area contributed by atoms with E-state index >= 15 is 0 Å². The molecule has 24 heavy (non-hydrogen) atoms. The van der Waals surface area contributed by atoms with Crippen LogP contribution < -0.4 is 15.4 Å². The standard InChI is InChI=1S/C17H25ClN2O3.ClH/c1-22-13-17(7-9-19-10-8-17)12-20-16(21)6-11-23-15-4-2-14(18)3-5-15;/h2-5,19H,6-13H2,1H3,(H,20,21);1H. The minimum atomic E-state index is 0. The van der Waals surface area contributed by atoms with Crippen molar-refractivity contribution in [3.63, 3.8) is 0 Å². The van der Waals surface area contributed by atoms with Crippen LogP contribution in [0.1, 0.15) is 19.3 Å². The van der Waals surface area contributed by atoms with Gasteiger partial charge in [0.1, 0.15) is 5.75 Å². The Kier molecular flexibility index (Phi) is 9.44. The van der Waals surface area contributed by atoms with Gasteiger partial charge in [-0.05, 0) is 50.2 Å². The molecule has 1 aromatic carbocycles. The van der Waals surface area contributed by atoms with Gasteiger partial charge >= 0.3 is 0 Å². The maximum absolute atomic E-state index is 12.0. The first-order valence-corrected chi connectivity index (χ1v) is 8.36. The lowest BCUT2D eigenvalue weighted by Crippen LogP contribution is -2.47. The number of amides is 1. The molecule has 1 aliphatic rings. The Hall–Kier alpha value is -1.01. The molecule has 0 unspecified atom stereocenters. The molecular weight excluding hydrogens is 351 g/mol. The molecule has 1 aromatic rings. The summed E-state index contributed by atoms with van der Waals surface area (Å²) in [6, 6.07) is 7.12. The molecule has 0 saturated carbocycles. The normalized spacial score (nSPS) is 16.1. The Balaban J connectivity index is 0.00000288. The monoisotopic (exact) mass is 376 g/mol. The van der Waals surface area contributed by atoms with E-state index in [1.807, 2.05) is 0 Å². The van der Waals surface area contributed by atoms with Gasteiger partial charge < -0.3 is 20.1 Å². The topological polar surface area (TPSA) is 59.6 Å². The van der Waals surface area contributed by atoms with Gasteiger partial charge in [-0.15, -0.1) is 12.4 Å². The Morgan fingerprint density at radius 3 is 2.58 bits per heavy atom. The van der Waals surface area contributed by atoms with E-state index in [9.17, 15) is 4.79 Å². The van der Waals surface area contributed by atoms with Gasteiger partial charge in [-0.3, -0.25) is 4.79 Å². The molecular formula is C17H26Cl2N2O3. The van der Waals surface area contributed by atoms with Crippen molar-refractivity contribution in [1.29, 1.82) is 0 Å². The van der Waals surface area contributed by atoms with Gasteiger partial charge in [0.05, 0.1) is 19.6 Å². The van der Waals surface area contributed by atoms with Crippen molar-refractivity contribution in [3.05, 3.63) is 29.3 Å². The van der Waals surface area contributed by atoms with Crippen LogP contribution >= 0.6 is 24.0 Å². The predicted molar refractivity (Wildman–Crippen MR) is 98.2 cm³/mol. The van der Waals surface area contributed by atoms with Gasteiger partial charge in [-0.25, -0.2) is 0 Å². The molecule has 0 radical (unpaired) electrons. The van der Waals surface area contributed by atoms with Gasteiger partial charge in [-0.1, -0.05) is 11.6 Å². The second-order valence-corrected chi connectivity index (χ2v) is 6.45. The maximum atomic E-state index is 12.0. The van der Waals surface area contributed by atoms with E-state index < -0.39 is 0 Å². The van der Waals surface area contributed by atoms with E-state index in [0.29, 0.717) is 31.2 Å². The van der Waals surface area contributed by atoms with Crippen LogP contribution in [0.25, 0.3) is 0 Å². The second kappa shape index (κ2) is 10.8. The van der Waals surface area contributed by atoms with Gasteiger partial charge in [0.25, 0.3) is 0 Å². The number of carbonyl (C=O) groups is 1. The molecule has 0 aliphatic carbocycles. The summed E-state index contributed by atoms with van der Waals surface area (Å²) < 4.78 is 10.9. The third-order valence-electron chi connectivity index (χ3n) is 4.19. The number of piperidine rings is 1. The summed E-state index contributed by atoms with van der Waals surface area (Å²) in [4.78, 5) is 12.0. The van der Waals surface area contributed by atoms with Crippen molar-refractivity contribution in [1.82, 2.24) is 10.6 Å². The van der Waals surface area contributed by atoms with Crippen LogP contribution in [-0.2, 0) is 9.53 Å². The van der Waals surface area contributed by atoms with Gasteiger partial charge in [0.2, 0.25) is 5.91 Å². The average Bonchev–Trinajstić information content (AvgIpc) is 2.56. The SMILES string of the molecule is COCC1(CNC(=O)CCOc2ccc(Cl)cc2)CCNCC1.Cl. The molecule has 7 heteroatoms. The lowest BCUT2D eigenvalue weighted by molar-refractivity contribution is -0.122. The van der Waals surface area contributed by atoms with Gasteiger partial charge in [-0.2, -0.15) is 0 Å². The summed E-state index contributed by atoms with van der Waals surface area (Å²) in [5, 5.41) is 7.04. The number of halogens is 2. The molecule has 1 heterocycles. The van der Waals surface area contributed by atoms with Crippen LogP contribution in [0.3, 0.4) is 0 Å². The molecule has 2 rings (SSSR count). The predicted octanol–water partition coefficient (Wildman–Crippen LogP) is 2.66. The molecule has 0 spiro atoms. The molecule has 0 atom stereocenters. The van der Waals surface area contributed by atoms with Gasteiger partial charge in [0.15, 0.2) is 0 Å². The number of ether oxygens (including phenoxy) is 2. The first-order valence-electron chi connectivity index (χ1n) is 7.98. The highest BCUT2D eigenvalue weighted by Crippen LogP contribution is 2.28. The van der Waals surface area contributed by atoms with Crippen molar-refractivity contribution in [3.8, 4) is 5.75 Å². The maximum Gasteiger partial charge on any atom is 0.223 e. The third-order valence-corrected chi connectivity index (χ3v) is 4.44. The van der Waals surface area contributed by atoms with E-state index in [1.54, 1.807) is 31.4 Å². The Morgan fingerprint density at radius 2 is 1.96 bits per heavy atom. The highest BCUT2D eigenvalue weighted by atomic mass is 35.5. The molecule has 1 fully saturated rings. The lowest BCUT2D eigenvalue weighted by atomic mass is 9.79. The van der Waals surface area contributed by atoms with Crippen LogP contribution in [0, 0.1) is 5.41 Å². The smallest absolute Gasteiger partial charge is 0.223 e. The van der Waals surface area contributed by atoms with Crippen molar-refractivity contribution >= 4 is 29.9 Å². The van der Waals surface area contributed by atoms with E-state index in [0.717, 1.165) is 31.7 Å². The van der Waals surface area contributed by atoms with Crippen molar-refractivity contribution in [2.45, 2.75) is 19.3 Å². The lowest BCUT2D eigenvalue weighted by Gasteiger charge is -2.37. The van der Waals surface area contributed by atoms with Crippen LogP contribution in [0.2, 0.25) is 5.02 Å². The summed E-state index contributed by atoms with van der Waals surface area (Å²) in [5.74, 6) is 0.726. The zero-order valence-electron chi connectivity index (χ0n) is 14.0. The Morgan fingerprint density at radius 1 is 1.29 bits per heavy atom. The zero-order valence-corrected chi connectivity index (χ0v) is 15.5. The fraction of sp³-hybridized carbons (Fsp3) is 0.588. The molecule has 2 N–H and O–H groups in total. The van der Waals surface area contributed by atoms with Crippen LogP contribution in [0.4, 0.5) is 0 Å². The number of carbonyl (C=O) groups excluding carboxylic acids is 1. The molecule has 5 nitrogen and oxygen atoms in total. The first-order chi connectivity index (χ1) is 11.1. The molecule has 1 saturated heterocycles.